The summed E-state index contributed by atoms with van der Waals surface area (Å²) in [5.74, 6) is 0. The standard InChI is InChI=1S/2Ag.2Mn.5O.2V/q;;;;5*-2;2*+5. The molecule has 76 valence electrons. The second-order valence-corrected chi connectivity index (χ2v) is 0. The van der Waals surface area contributed by atoms with E-state index in [2.05, 4.69) is 0 Å². The molecule has 0 spiro atoms. The van der Waals surface area contributed by atoms with E-state index >= 15 is 0 Å². The van der Waals surface area contributed by atoms with Gasteiger partial charge in [0, 0.05) is 78.9 Å². The van der Waals surface area contributed by atoms with Crippen molar-refractivity contribution >= 4 is 0 Å². The van der Waals surface area contributed by atoms with Crippen molar-refractivity contribution in [3.8, 4) is 0 Å². The molecule has 0 atom stereocenters. The zero-order valence-corrected chi connectivity index (χ0v) is 12.4. The van der Waals surface area contributed by atoms with Gasteiger partial charge in [0.15, 0.2) is 0 Å². The molecule has 0 fully saturated rings. The van der Waals surface area contributed by atoms with Crippen molar-refractivity contribution in [2.75, 3.05) is 0 Å². The Kier molecular flexibility index (Phi) is 3400. The minimum Gasteiger partial charge on any atom is -2.00 e. The van der Waals surface area contributed by atoms with Crippen LogP contribution in [0.5, 0.6) is 0 Å². The zero-order chi connectivity index (χ0) is 0. The van der Waals surface area contributed by atoms with Crippen molar-refractivity contribution in [1.82, 2.24) is 0 Å². The predicted octanol–water partition coefficient (Wildman–Crippen LogP) is -0.609. The van der Waals surface area contributed by atoms with Crippen molar-refractivity contribution in [2.24, 2.45) is 0 Å². The largest absolute Gasteiger partial charge is 5.00 e. The zero-order valence-electron chi connectivity index (χ0n) is 4.29. The first kappa shape index (κ1) is 217. The first-order chi connectivity index (χ1) is 0. The van der Waals surface area contributed by atoms with E-state index < -0.39 is 0 Å². The van der Waals surface area contributed by atoms with E-state index in [9.17, 15) is 0 Å². The first-order valence-corrected chi connectivity index (χ1v) is 0. The fraction of sp³-hybridized carbons (Fsp3) is 0. The Labute approximate surface area is 141 Å². The molecular weight excluding hydrogens is 507 g/mol. The quantitative estimate of drug-likeness (QED) is 0.386. The summed E-state index contributed by atoms with van der Waals surface area (Å²) in [7, 11) is 0. The van der Waals surface area contributed by atoms with E-state index in [1.165, 1.54) is 0 Å². The van der Waals surface area contributed by atoms with Crippen LogP contribution in [-0.4, -0.2) is 0 Å². The monoisotopic (exact) mass is 506 g/mol. The summed E-state index contributed by atoms with van der Waals surface area (Å²) in [5, 5.41) is 0. The molecule has 0 aliphatic rings. The molecule has 4 radical (unpaired) electrons. The molecule has 0 rings (SSSR count). The molecule has 0 bridgehead atoms. The number of rotatable bonds is 0. The van der Waals surface area contributed by atoms with Gasteiger partial charge >= 0.3 is 37.1 Å². The van der Waals surface area contributed by atoms with Crippen LogP contribution in [0, 0.1) is 0 Å². The fourth-order valence-electron chi connectivity index (χ4n) is 0. The van der Waals surface area contributed by atoms with Crippen LogP contribution in [0.4, 0.5) is 0 Å². The Balaban J connectivity index is 0. The average Bonchev–Trinajstić information content (AvgIpc) is 0. The van der Waals surface area contributed by atoms with Gasteiger partial charge in [0.05, 0.1) is 0 Å². The van der Waals surface area contributed by atoms with Crippen LogP contribution in [0.1, 0.15) is 0 Å². The molecule has 11 heteroatoms. The van der Waals surface area contributed by atoms with Gasteiger partial charge in [-0.3, -0.25) is 0 Å². The Hall–Kier alpha value is 3.49. The van der Waals surface area contributed by atoms with Crippen molar-refractivity contribution in [1.29, 1.82) is 0 Å². The fourth-order valence-corrected chi connectivity index (χ4v) is 0. The minimum atomic E-state index is 0. The Bertz CT molecular complexity index is 20.4. The summed E-state index contributed by atoms with van der Waals surface area (Å²) >= 11 is 0. The molecule has 0 aromatic heterocycles. The third-order valence-electron chi connectivity index (χ3n) is 0. The minimum absolute atomic E-state index is 0. The Morgan fingerprint density at radius 3 is 0.364 bits per heavy atom. The molecule has 0 saturated carbocycles. The molecule has 0 amide bonds. The molecule has 0 aliphatic carbocycles. The number of hydrogen-bond acceptors (Lipinski definition) is 0. The molecule has 0 aromatic rings. The molecule has 0 heterocycles. The molecule has 0 aromatic carbocycles. The van der Waals surface area contributed by atoms with Crippen LogP contribution >= 0.6 is 0 Å². The van der Waals surface area contributed by atoms with Gasteiger partial charge in [-0.2, -0.15) is 0 Å². The normalized spacial score (nSPS) is 0. The second kappa shape index (κ2) is 173. The average molecular weight is 507 g/mol. The maximum atomic E-state index is 0. The van der Waals surface area contributed by atoms with E-state index in [4.69, 9.17) is 0 Å². The predicted molar refractivity (Wildman–Crippen MR) is 3.43 cm³/mol. The third-order valence-corrected chi connectivity index (χ3v) is 0. The van der Waals surface area contributed by atoms with Gasteiger partial charge < -0.3 is 27.4 Å². The van der Waals surface area contributed by atoms with Gasteiger partial charge in [0.25, 0.3) is 0 Å². The van der Waals surface area contributed by atoms with Gasteiger partial charge in [0.1, 0.15) is 0 Å². The van der Waals surface area contributed by atoms with Gasteiger partial charge in [-0.05, 0) is 0 Å². The van der Waals surface area contributed by atoms with Crippen LogP contribution in [0.2, 0.25) is 0 Å². The summed E-state index contributed by atoms with van der Waals surface area (Å²) < 4.78 is 0. The summed E-state index contributed by atoms with van der Waals surface area (Å²) in [6, 6.07) is 0. The summed E-state index contributed by atoms with van der Waals surface area (Å²) in [4.78, 5) is 0. The van der Waals surface area contributed by atoms with Gasteiger partial charge in [-0.25, -0.2) is 0 Å². The van der Waals surface area contributed by atoms with Crippen LogP contribution in [-0.2, 0) is 143 Å². The summed E-state index contributed by atoms with van der Waals surface area (Å²) in [5.41, 5.74) is 0. The van der Waals surface area contributed by atoms with E-state index in [0.717, 1.165) is 0 Å². The molecular formula is Ag2Mn2O5V2. The molecule has 0 saturated heterocycles. The van der Waals surface area contributed by atoms with Crippen molar-refractivity contribution < 1.29 is 143 Å². The van der Waals surface area contributed by atoms with Crippen LogP contribution in [0.3, 0.4) is 0 Å². The molecule has 11 heavy (non-hydrogen) atoms. The maximum Gasteiger partial charge on any atom is 5.00 e. The van der Waals surface area contributed by atoms with Gasteiger partial charge in [-0.15, -0.1) is 0 Å². The van der Waals surface area contributed by atoms with Crippen molar-refractivity contribution in [3.63, 3.8) is 0 Å². The van der Waals surface area contributed by atoms with Crippen molar-refractivity contribution in [3.05, 3.63) is 0 Å². The second-order valence-electron chi connectivity index (χ2n) is 0. The van der Waals surface area contributed by atoms with E-state index in [1.54, 1.807) is 0 Å². The van der Waals surface area contributed by atoms with Crippen LogP contribution < -0.4 is 0 Å². The van der Waals surface area contributed by atoms with Crippen LogP contribution in [0.15, 0.2) is 0 Å². The third kappa shape index (κ3) is 146. The summed E-state index contributed by atoms with van der Waals surface area (Å²) in [6.07, 6.45) is 0. The smallest absolute Gasteiger partial charge is 2.00 e. The topological polar surface area (TPSA) is 142 Å². The van der Waals surface area contributed by atoms with Crippen molar-refractivity contribution in [2.45, 2.75) is 0 Å². The first-order valence-electron chi connectivity index (χ1n) is 0. The molecule has 5 nitrogen and oxygen atoms in total. The van der Waals surface area contributed by atoms with E-state index in [1.807, 2.05) is 0 Å². The van der Waals surface area contributed by atoms with E-state index in [0.29, 0.717) is 0 Å². The van der Waals surface area contributed by atoms with Gasteiger partial charge in [-0.1, -0.05) is 0 Å². The molecule has 0 N–H and O–H groups in total. The maximum absolute atomic E-state index is 0. The Morgan fingerprint density at radius 1 is 0.364 bits per heavy atom. The molecule has 0 aliphatic heterocycles. The SMILES string of the molecule is [Ag].[Ag].[Mn].[Mn].[O-2].[O-2].[O-2].[O-2].[O-2].[V+5].[V+5]. The summed E-state index contributed by atoms with van der Waals surface area (Å²) in [6.45, 7) is 0. The van der Waals surface area contributed by atoms with E-state index in [-0.39, 0.29) is 143 Å². The Morgan fingerprint density at radius 2 is 0.364 bits per heavy atom. The number of hydrogen-bond donors (Lipinski definition) is 0. The molecule has 0 unspecified atom stereocenters. The van der Waals surface area contributed by atoms with Gasteiger partial charge in [0.2, 0.25) is 0 Å². The van der Waals surface area contributed by atoms with Crippen LogP contribution in [0.25, 0.3) is 0 Å².